The van der Waals surface area contributed by atoms with Crippen LogP contribution >= 0.6 is 11.6 Å². The minimum absolute atomic E-state index is 0.165. The molecule has 49 heavy (non-hydrogen) atoms. The van der Waals surface area contributed by atoms with Crippen molar-refractivity contribution in [2.24, 2.45) is 10.2 Å². The first-order valence-corrected chi connectivity index (χ1v) is 18.4. The normalized spacial score (nSPS) is 12.4. The van der Waals surface area contributed by atoms with Gasteiger partial charge in [-0.2, -0.15) is 50.4 Å². The van der Waals surface area contributed by atoms with Crippen molar-refractivity contribution >= 4 is 87.4 Å². The van der Waals surface area contributed by atoms with E-state index in [1.165, 1.54) is 31.4 Å². The van der Waals surface area contributed by atoms with Crippen molar-refractivity contribution < 1.29 is 43.6 Å². The summed E-state index contributed by atoms with van der Waals surface area (Å²) >= 11 is 6.17. The number of azo groups is 1. The van der Waals surface area contributed by atoms with Gasteiger partial charge >= 0.3 is 0 Å². The number of nitrogens with zero attached hydrogens (tertiary/aromatic N) is 6. The number of halogens is 1. The summed E-state index contributed by atoms with van der Waals surface area (Å²) < 4.78 is 107. The van der Waals surface area contributed by atoms with Gasteiger partial charge in [0.1, 0.15) is 15.5 Å². The van der Waals surface area contributed by atoms with E-state index in [0.717, 1.165) is 17.0 Å². The van der Waals surface area contributed by atoms with Crippen LogP contribution in [0.1, 0.15) is 5.56 Å². The van der Waals surface area contributed by atoms with Crippen LogP contribution in [-0.4, -0.2) is 66.9 Å². The van der Waals surface area contributed by atoms with Gasteiger partial charge in [-0.1, -0.05) is 30.3 Å². The third-order valence-corrected chi connectivity index (χ3v) is 9.25. The quantitative estimate of drug-likeness (QED) is 0.0943. The average Bonchev–Trinajstić information content (AvgIpc) is 3.01. The van der Waals surface area contributed by atoms with Gasteiger partial charge in [0.25, 0.3) is 30.4 Å². The Morgan fingerprint density at radius 1 is 0.816 bits per heavy atom. The van der Waals surface area contributed by atoms with E-state index in [1.54, 1.807) is 43.3 Å². The third kappa shape index (κ3) is 8.43. The Balaban J connectivity index is 1.57. The smallest absolute Gasteiger partial charge is 0.295 e. The second kappa shape index (κ2) is 13.6. The summed E-state index contributed by atoms with van der Waals surface area (Å²) in [6, 6.07) is 16.8. The van der Waals surface area contributed by atoms with E-state index in [0.29, 0.717) is 11.3 Å². The molecule has 0 aliphatic heterocycles. The van der Waals surface area contributed by atoms with Crippen molar-refractivity contribution in [2.75, 3.05) is 23.2 Å². The summed E-state index contributed by atoms with van der Waals surface area (Å²) in [5.41, 5.74) is 1.05. The lowest BCUT2D eigenvalue weighted by molar-refractivity contribution is 0.416. The number of anilines is 4. The third-order valence-electron chi connectivity index (χ3n) is 6.69. The van der Waals surface area contributed by atoms with E-state index in [4.69, 9.17) is 16.3 Å². The number of ether oxygens (including phenoxy) is 1. The van der Waals surface area contributed by atoms with Crippen LogP contribution in [0.15, 0.2) is 92.8 Å². The summed E-state index contributed by atoms with van der Waals surface area (Å²) in [4.78, 5) is 12.1. The standard InChI is InChI=1S/C28H24ClN7O10S3/c1-16-11-23(46-2)22(30-27-31-26(29)32-28(33-27)36(15-47(37,38)39)18-7-4-3-5-8-18)14-21(16)35-34-17-12-20-19(25(13-17)49(43,44)45)9-6-10-24(20)48(40,41)42/h3-14H,15H2,1-2H3,(H,37,38,39)(H,40,41,42)(H,43,44,45)(H,30,31,32,33). The van der Waals surface area contributed by atoms with Crippen molar-refractivity contribution in [1.29, 1.82) is 0 Å². The largest absolute Gasteiger partial charge is 0.495 e. The maximum absolute atomic E-state index is 12.2. The monoisotopic (exact) mass is 749 g/mol. The molecule has 21 heteroatoms. The minimum atomic E-state index is -4.88. The fraction of sp³-hybridized carbons (Fsp3) is 0.107. The van der Waals surface area contributed by atoms with Gasteiger partial charge in [0.2, 0.25) is 17.2 Å². The van der Waals surface area contributed by atoms with Crippen LogP contribution in [0.3, 0.4) is 0 Å². The second-order valence-electron chi connectivity index (χ2n) is 10.1. The molecule has 256 valence electrons. The first-order valence-electron chi connectivity index (χ1n) is 13.5. The van der Waals surface area contributed by atoms with Crippen LogP contribution in [0.2, 0.25) is 5.28 Å². The van der Waals surface area contributed by atoms with E-state index >= 15 is 0 Å². The molecule has 4 aromatic carbocycles. The molecule has 0 atom stereocenters. The molecule has 0 bridgehead atoms. The zero-order valence-corrected chi connectivity index (χ0v) is 28.3. The highest BCUT2D eigenvalue weighted by atomic mass is 35.5. The van der Waals surface area contributed by atoms with Gasteiger partial charge in [-0.05, 0) is 66.6 Å². The van der Waals surface area contributed by atoms with Gasteiger partial charge in [0.05, 0.1) is 24.2 Å². The van der Waals surface area contributed by atoms with Crippen molar-refractivity contribution in [3.8, 4) is 5.75 Å². The first-order chi connectivity index (χ1) is 22.9. The molecule has 0 unspecified atom stereocenters. The van der Waals surface area contributed by atoms with Gasteiger partial charge < -0.3 is 10.1 Å². The number of fused-ring (bicyclic) bond motifs is 1. The number of methoxy groups -OCH3 is 1. The number of benzene rings is 4. The highest BCUT2D eigenvalue weighted by Gasteiger charge is 2.23. The first kappa shape index (κ1) is 35.5. The lowest BCUT2D eigenvalue weighted by Gasteiger charge is -2.21. The number of aryl methyl sites for hydroxylation is 1. The fourth-order valence-electron chi connectivity index (χ4n) is 4.62. The molecule has 5 aromatic rings. The Morgan fingerprint density at radius 2 is 1.51 bits per heavy atom. The summed E-state index contributed by atoms with van der Waals surface area (Å²) in [7, 11) is -12.9. The Labute approximate surface area is 284 Å². The highest BCUT2D eigenvalue weighted by Crippen LogP contribution is 2.37. The Hall–Kier alpha value is -4.83. The van der Waals surface area contributed by atoms with E-state index in [-0.39, 0.29) is 50.8 Å². The molecule has 0 aliphatic rings. The van der Waals surface area contributed by atoms with Crippen LogP contribution in [-0.2, 0) is 30.4 Å². The highest BCUT2D eigenvalue weighted by molar-refractivity contribution is 7.86. The van der Waals surface area contributed by atoms with Crippen molar-refractivity contribution in [3.63, 3.8) is 0 Å². The number of aromatic nitrogens is 3. The predicted molar refractivity (Wildman–Crippen MR) is 179 cm³/mol. The number of para-hydroxylation sites is 1. The second-order valence-corrected chi connectivity index (χ2v) is 14.7. The number of nitrogens with one attached hydrogen (secondary N) is 1. The summed E-state index contributed by atoms with van der Waals surface area (Å²) in [6.07, 6.45) is 0. The average molecular weight is 750 g/mol. The Kier molecular flexibility index (Phi) is 9.84. The molecule has 0 radical (unpaired) electrons. The number of hydrogen-bond donors (Lipinski definition) is 4. The zero-order valence-electron chi connectivity index (χ0n) is 25.1. The van der Waals surface area contributed by atoms with Crippen LogP contribution in [0, 0.1) is 6.92 Å². The molecule has 0 amide bonds. The molecule has 0 saturated carbocycles. The summed E-state index contributed by atoms with van der Waals surface area (Å²) in [5.74, 6) is -1.03. The Morgan fingerprint density at radius 3 is 2.14 bits per heavy atom. The molecular formula is C28H24ClN7O10S3. The molecule has 17 nitrogen and oxygen atoms in total. The van der Waals surface area contributed by atoms with Crippen molar-refractivity contribution in [3.05, 3.63) is 83.6 Å². The SMILES string of the molecule is COc1cc(C)c(N=Nc2cc(S(=O)(=O)O)c3cccc(S(=O)(=O)O)c3c2)cc1Nc1nc(Cl)nc(N(CS(=O)(=O)O)c2ccccc2)n1. The number of rotatable bonds is 11. The summed E-state index contributed by atoms with van der Waals surface area (Å²) in [5, 5.41) is 10.4. The molecule has 0 spiro atoms. The molecule has 1 heterocycles. The Bertz CT molecular complexity index is 2450. The summed E-state index contributed by atoms with van der Waals surface area (Å²) in [6.45, 7) is 1.66. The molecule has 0 fully saturated rings. The van der Waals surface area contributed by atoms with Crippen molar-refractivity contribution in [2.45, 2.75) is 16.7 Å². The van der Waals surface area contributed by atoms with Gasteiger partial charge in [-0.15, -0.1) is 0 Å². The van der Waals surface area contributed by atoms with Crippen LogP contribution < -0.4 is 15.0 Å². The van der Waals surface area contributed by atoms with Crippen LogP contribution in [0.4, 0.5) is 34.6 Å². The van der Waals surface area contributed by atoms with Gasteiger partial charge in [0.15, 0.2) is 5.88 Å². The van der Waals surface area contributed by atoms with E-state index in [9.17, 15) is 38.9 Å². The maximum Gasteiger partial charge on any atom is 0.295 e. The van der Waals surface area contributed by atoms with Crippen LogP contribution in [0.25, 0.3) is 10.8 Å². The lowest BCUT2D eigenvalue weighted by Crippen LogP contribution is -2.27. The molecule has 0 aliphatic carbocycles. The topological polar surface area (TPSA) is 251 Å². The van der Waals surface area contributed by atoms with Crippen molar-refractivity contribution in [1.82, 2.24) is 15.0 Å². The van der Waals surface area contributed by atoms with E-state index < -0.39 is 46.0 Å². The minimum Gasteiger partial charge on any atom is -0.495 e. The fourth-order valence-corrected chi connectivity index (χ4v) is 6.79. The number of hydrogen-bond acceptors (Lipinski definition) is 14. The van der Waals surface area contributed by atoms with Crippen LogP contribution in [0.5, 0.6) is 5.75 Å². The molecular weight excluding hydrogens is 726 g/mol. The molecule has 5 rings (SSSR count). The molecule has 1 aromatic heterocycles. The van der Waals surface area contributed by atoms with Gasteiger partial charge in [-0.3, -0.25) is 18.6 Å². The molecule has 4 N–H and O–H groups in total. The van der Waals surface area contributed by atoms with E-state index in [2.05, 4.69) is 30.5 Å². The predicted octanol–water partition coefficient (Wildman–Crippen LogP) is 5.63. The maximum atomic E-state index is 12.2. The molecule has 0 saturated heterocycles. The lowest BCUT2D eigenvalue weighted by atomic mass is 10.1. The zero-order chi connectivity index (χ0) is 35.7. The van der Waals surface area contributed by atoms with Gasteiger partial charge in [-0.25, -0.2) is 0 Å². The van der Waals surface area contributed by atoms with E-state index in [1.807, 2.05) is 0 Å². The van der Waals surface area contributed by atoms with Gasteiger partial charge in [0, 0.05) is 16.5 Å².